The lowest BCUT2D eigenvalue weighted by molar-refractivity contribution is 0.0778. The van der Waals surface area contributed by atoms with Crippen molar-refractivity contribution in [2.24, 2.45) is 0 Å². The van der Waals surface area contributed by atoms with Gasteiger partial charge in [0.15, 0.2) is 11.5 Å². The summed E-state index contributed by atoms with van der Waals surface area (Å²) in [6.07, 6.45) is 1.34. The van der Waals surface area contributed by atoms with Crippen molar-refractivity contribution in [2.75, 3.05) is 46.6 Å². The molecule has 0 radical (unpaired) electrons. The van der Waals surface area contributed by atoms with E-state index in [1.165, 1.54) is 0 Å². The zero-order chi connectivity index (χ0) is 23.8. The van der Waals surface area contributed by atoms with Crippen LogP contribution in [0.4, 0.5) is 0 Å². The van der Waals surface area contributed by atoms with E-state index >= 15 is 0 Å². The summed E-state index contributed by atoms with van der Waals surface area (Å²) in [5.41, 5.74) is 1.24. The van der Waals surface area contributed by atoms with Gasteiger partial charge in [0.1, 0.15) is 5.75 Å². The van der Waals surface area contributed by atoms with Crippen molar-refractivity contribution >= 4 is 5.91 Å². The van der Waals surface area contributed by atoms with Gasteiger partial charge in [-0.25, -0.2) is 0 Å². The van der Waals surface area contributed by atoms with Crippen LogP contribution in [0.25, 0.3) is 0 Å². The number of amides is 1. The molecular formula is C26H35NO6. The van der Waals surface area contributed by atoms with Crippen LogP contribution >= 0.6 is 0 Å². The van der Waals surface area contributed by atoms with Crippen molar-refractivity contribution in [3.63, 3.8) is 0 Å². The van der Waals surface area contributed by atoms with Crippen LogP contribution < -0.4 is 18.9 Å². The highest BCUT2D eigenvalue weighted by molar-refractivity contribution is 5.96. The van der Waals surface area contributed by atoms with Crippen molar-refractivity contribution in [1.29, 1.82) is 0 Å². The minimum absolute atomic E-state index is 0.0469. The summed E-state index contributed by atoms with van der Waals surface area (Å²) in [6, 6.07) is 11.4. The van der Waals surface area contributed by atoms with E-state index < -0.39 is 0 Å². The number of benzene rings is 2. The number of carbonyl (C=O) groups is 1. The first-order valence-electron chi connectivity index (χ1n) is 11.6. The van der Waals surface area contributed by atoms with Gasteiger partial charge >= 0.3 is 0 Å². The Morgan fingerprint density at radius 2 is 1.70 bits per heavy atom. The topological polar surface area (TPSA) is 77.5 Å². The standard InChI is InChI=1S/C26H35NO6/c1-5-31-22-15-19(16-23(32-6-2)24(22)33-7-3)25(29)27-13-11-26(18-27,12-14-28)20-9-8-10-21(17-20)30-4/h8-10,15-17,28H,5-7,11-14,18H2,1-4H3. The molecule has 1 aliphatic rings. The normalized spacial score (nSPS) is 17.7. The summed E-state index contributed by atoms with van der Waals surface area (Å²) in [5, 5.41) is 9.81. The first-order valence-corrected chi connectivity index (χ1v) is 11.6. The molecule has 7 nitrogen and oxygen atoms in total. The van der Waals surface area contributed by atoms with Crippen LogP contribution in [-0.2, 0) is 5.41 Å². The van der Waals surface area contributed by atoms with Crippen LogP contribution in [0.5, 0.6) is 23.0 Å². The second-order valence-corrected chi connectivity index (χ2v) is 8.06. The number of rotatable bonds is 11. The van der Waals surface area contributed by atoms with Crippen molar-refractivity contribution < 1.29 is 28.8 Å². The van der Waals surface area contributed by atoms with Crippen LogP contribution in [0.2, 0.25) is 0 Å². The van der Waals surface area contributed by atoms with Crippen molar-refractivity contribution in [3.8, 4) is 23.0 Å². The quantitative estimate of drug-likeness (QED) is 0.548. The van der Waals surface area contributed by atoms with Gasteiger partial charge in [-0.15, -0.1) is 0 Å². The summed E-state index contributed by atoms with van der Waals surface area (Å²) in [4.78, 5) is 15.4. The smallest absolute Gasteiger partial charge is 0.254 e. The van der Waals surface area contributed by atoms with Crippen LogP contribution in [0.15, 0.2) is 36.4 Å². The number of ether oxygens (including phenoxy) is 4. The van der Waals surface area contributed by atoms with Crippen molar-refractivity contribution in [2.45, 2.75) is 39.0 Å². The fourth-order valence-corrected chi connectivity index (χ4v) is 4.49. The average molecular weight is 458 g/mol. The van der Waals surface area contributed by atoms with Gasteiger partial charge < -0.3 is 29.0 Å². The fourth-order valence-electron chi connectivity index (χ4n) is 4.49. The average Bonchev–Trinajstić information content (AvgIpc) is 3.26. The molecule has 2 aromatic rings. The first kappa shape index (κ1) is 24.7. The lowest BCUT2D eigenvalue weighted by Gasteiger charge is -2.30. The van der Waals surface area contributed by atoms with E-state index in [2.05, 4.69) is 0 Å². The Hall–Kier alpha value is -2.93. The number of likely N-dealkylation sites (tertiary alicyclic amines) is 1. The maximum Gasteiger partial charge on any atom is 0.254 e. The number of hydrogen-bond acceptors (Lipinski definition) is 6. The Morgan fingerprint density at radius 3 is 2.27 bits per heavy atom. The Morgan fingerprint density at radius 1 is 1.03 bits per heavy atom. The molecule has 1 atom stereocenters. The largest absolute Gasteiger partial charge is 0.497 e. The van der Waals surface area contributed by atoms with Gasteiger partial charge in [0.2, 0.25) is 5.75 Å². The SMILES string of the molecule is CCOc1cc(C(=O)N2CCC(CCO)(c3cccc(OC)c3)C2)cc(OCC)c1OCC. The number of nitrogens with zero attached hydrogens (tertiary/aromatic N) is 1. The van der Waals surface area contributed by atoms with Gasteiger partial charge in [-0.1, -0.05) is 12.1 Å². The van der Waals surface area contributed by atoms with E-state index in [4.69, 9.17) is 18.9 Å². The summed E-state index contributed by atoms with van der Waals surface area (Å²) in [6.45, 7) is 8.19. The molecule has 1 amide bonds. The molecule has 2 aromatic carbocycles. The summed E-state index contributed by atoms with van der Waals surface area (Å²) < 4.78 is 22.7. The van der Waals surface area contributed by atoms with Crippen LogP contribution in [0, 0.1) is 0 Å². The molecule has 1 fully saturated rings. The van der Waals surface area contributed by atoms with Gasteiger partial charge in [0.05, 0.1) is 26.9 Å². The Labute approximate surface area is 196 Å². The second-order valence-electron chi connectivity index (χ2n) is 8.06. The molecule has 33 heavy (non-hydrogen) atoms. The molecule has 1 N–H and O–H groups in total. The lowest BCUT2D eigenvalue weighted by atomic mass is 9.77. The molecule has 1 saturated heterocycles. The molecule has 1 unspecified atom stereocenters. The van der Waals surface area contributed by atoms with Gasteiger partial charge in [-0.05, 0) is 63.4 Å². The molecule has 0 spiro atoms. The lowest BCUT2D eigenvalue weighted by Crippen LogP contribution is -2.35. The van der Waals surface area contributed by atoms with Crippen LogP contribution in [0.3, 0.4) is 0 Å². The van der Waals surface area contributed by atoms with Crippen molar-refractivity contribution in [3.05, 3.63) is 47.5 Å². The third kappa shape index (κ3) is 5.36. The van der Waals surface area contributed by atoms with E-state index in [0.717, 1.165) is 17.7 Å². The number of methoxy groups -OCH3 is 1. The Balaban J connectivity index is 1.93. The Kier molecular flexibility index (Phi) is 8.44. The summed E-state index contributed by atoms with van der Waals surface area (Å²) in [5.74, 6) is 2.20. The third-order valence-electron chi connectivity index (χ3n) is 6.07. The molecule has 0 bridgehead atoms. The highest BCUT2D eigenvalue weighted by Gasteiger charge is 2.41. The van der Waals surface area contributed by atoms with Crippen LogP contribution in [-0.4, -0.2) is 62.5 Å². The van der Waals surface area contributed by atoms with E-state index in [1.54, 1.807) is 19.2 Å². The van der Waals surface area contributed by atoms with E-state index in [9.17, 15) is 9.90 Å². The molecule has 1 heterocycles. The molecule has 3 rings (SSSR count). The highest BCUT2D eigenvalue weighted by atomic mass is 16.5. The van der Waals surface area contributed by atoms with Crippen molar-refractivity contribution in [1.82, 2.24) is 4.90 Å². The molecule has 0 aromatic heterocycles. The van der Waals surface area contributed by atoms with Gasteiger partial charge in [-0.2, -0.15) is 0 Å². The van der Waals surface area contributed by atoms with E-state index in [1.807, 2.05) is 49.9 Å². The molecule has 1 aliphatic heterocycles. The van der Waals surface area contributed by atoms with Gasteiger partial charge in [-0.3, -0.25) is 4.79 Å². The third-order valence-corrected chi connectivity index (χ3v) is 6.07. The molecule has 7 heteroatoms. The summed E-state index contributed by atoms with van der Waals surface area (Å²) in [7, 11) is 1.64. The van der Waals surface area contributed by atoms with Gasteiger partial charge in [0.25, 0.3) is 5.91 Å². The zero-order valence-electron chi connectivity index (χ0n) is 20.1. The first-order chi connectivity index (χ1) is 16.0. The highest BCUT2D eigenvalue weighted by Crippen LogP contribution is 2.42. The Bertz CT molecular complexity index is 919. The minimum atomic E-state index is -0.324. The molecule has 0 aliphatic carbocycles. The number of hydrogen-bond donors (Lipinski definition) is 1. The maximum absolute atomic E-state index is 13.6. The number of aliphatic hydroxyl groups excluding tert-OH is 1. The van der Waals surface area contributed by atoms with Crippen LogP contribution in [0.1, 0.15) is 49.5 Å². The zero-order valence-corrected chi connectivity index (χ0v) is 20.1. The predicted molar refractivity (Wildman–Crippen MR) is 127 cm³/mol. The maximum atomic E-state index is 13.6. The molecular weight excluding hydrogens is 422 g/mol. The fraction of sp³-hybridized carbons (Fsp3) is 0.500. The second kappa shape index (κ2) is 11.3. The predicted octanol–water partition coefficient (Wildman–Crippen LogP) is 4.06. The number of carbonyl (C=O) groups excluding carboxylic acids is 1. The minimum Gasteiger partial charge on any atom is -0.497 e. The van der Waals surface area contributed by atoms with Gasteiger partial charge in [0, 0.05) is 30.7 Å². The number of aliphatic hydroxyl groups is 1. The van der Waals surface area contributed by atoms with E-state index in [-0.39, 0.29) is 17.9 Å². The van der Waals surface area contributed by atoms with E-state index in [0.29, 0.717) is 62.1 Å². The monoisotopic (exact) mass is 457 g/mol. The molecule has 0 saturated carbocycles. The summed E-state index contributed by atoms with van der Waals surface area (Å²) >= 11 is 0. The molecule has 180 valence electrons.